The molecule has 2 aliphatic heterocycles. The summed E-state index contributed by atoms with van der Waals surface area (Å²) in [4.78, 5) is 7.43. The molecule has 11 rings (SSSR count). The van der Waals surface area contributed by atoms with Crippen LogP contribution in [-0.2, 0) is 5.41 Å². The molecule has 0 spiro atoms. The lowest BCUT2D eigenvalue weighted by Crippen LogP contribution is -2.23. The van der Waals surface area contributed by atoms with Crippen LogP contribution in [0.3, 0.4) is 0 Å². The van der Waals surface area contributed by atoms with Gasteiger partial charge in [0.05, 0.1) is 22.8 Å². The second-order valence-electron chi connectivity index (χ2n) is 15.6. The number of aromatic nitrogens is 1. The van der Waals surface area contributed by atoms with E-state index in [1.165, 1.54) is 71.7 Å². The molecule has 0 amide bonds. The van der Waals surface area contributed by atoms with Crippen molar-refractivity contribution in [3.63, 3.8) is 0 Å². The lowest BCUT2D eigenvalue weighted by molar-refractivity contribution is 0.661. The third-order valence-corrected chi connectivity index (χ3v) is 12.1. The summed E-state index contributed by atoms with van der Waals surface area (Å²) >= 11 is 0. The number of fused-ring (bicyclic) bond motifs is 6. The third kappa shape index (κ3) is 4.95. The summed E-state index contributed by atoms with van der Waals surface area (Å²) in [6.45, 7) is 5.55. The molecule has 4 nitrogen and oxygen atoms in total. The van der Waals surface area contributed by atoms with Crippen molar-refractivity contribution < 1.29 is 0 Å². The van der Waals surface area contributed by atoms with E-state index in [1.807, 2.05) is 0 Å². The number of nitrogens with zero attached hydrogens (tertiary/aromatic N) is 2. The smallest absolute Gasteiger partial charge is 0.130 e. The predicted octanol–water partition coefficient (Wildman–Crippen LogP) is 12.8. The second kappa shape index (κ2) is 12.6. The Balaban J connectivity index is 1.12. The molecule has 1 unspecified atom stereocenters. The standard InChI is InChI=1S/C52H40N4/c1-52(2)43-19-9-8-16-37(43)40-30-41-42(31-44(40)52)50(35-27-28-46(54-32-35)45-20-12-13-29-53-45)39-18-7-6-17-38(39)49(41)33-23-25-34(26-24-33)51-55-47-21-10-11-22-48(47)56(51)36-14-4-3-5-15-36/h3-28,30-32,51,53,55H,29H2,1-2H3. The fourth-order valence-electron chi connectivity index (χ4n) is 9.43. The van der Waals surface area contributed by atoms with Crippen LogP contribution in [0.15, 0.2) is 176 Å². The van der Waals surface area contributed by atoms with E-state index < -0.39 is 0 Å². The maximum absolute atomic E-state index is 5.02. The largest absolute Gasteiger partial charge is 0.380 e. The van der Waals surface area contributed by atoms with E-state index in [9.17, 15) is 0 Å². The van der Waals surface area contributed by atoms with Crippen molar-refractivity contribution in [1.29, 1.82) is 0 Å². The molecule has 268 valence electrons. The predicted molar refractivity (Wildman–Crippen MR) is 234 cm³/mol. The van der Waals surface area contributed by atoms with Gasteiger partial charge in [0.25, 0.3) is 0 Å². The molecule has 0 fully saturated rings. The SMILES string of the molecule is CC1(C)c2ccccc2-c2cc3c(-c4ccc(C5Nc6ccccc6N5c5ccccc5)cc4)c4ccccc4c(-c4ccc(C5=CC=CCN5)nc4)c3cc21. The minimum atomic E-state index is -0.129. The molecule has 1 aliphatic carbocycles. The number of hydrogen-bond donors (Lipinski definition) is 2. The van der Waals surface area contributed by atoms with E-state index in [-0.39, 0.29) is 11.6 Å². The van der Waals surface area contributed by atoms with Crippen molar-refractivity contribution in [2.45, 2.75) is 25.4 Å². The quantitative estimate of drug-likeness (QED) is 0.174. The number of nitrogens with one attached hydrogen (secondary N) is 2. The monoisotopic (exact) mass is 720 g/mol. The van der Waals surface area contributed by atoms with Gasteiger partial charge in [-0.05, 0) is 115 Å². The van der Waals surface area contributed by atoms with Crippen molar-refractivity contribution in [2.24, 2.45) is 0 Å². The Bertz CT molecular complexity index is 2900. The van der Waals surface area contributed by atoms with Crippen molar-refractivity contribution in [3.8, 4) is 33.4 Å². The van der Waals surface area contributed by atoms with Crippen LogP contribution in [0.1, 0.15) is 42.4 Å². The summed E-state index contributed by atoms with van der Waals surface area (Å²) in [6.07, 6.45) is 8.33. The zero-order chi connectivity index (χ0) is 37.4. The first kappa shape index (κ1) is 32.5. The summed E-state index contributed by atoms with van der Waals surface area (Å²) in [6, 6.07) is 55.8. The van der Waals surface area contributed by atoms with Crippen molar-refractivity contribution in [1.82, 2.24) is 10.3 Å². The van der Waals surface area contributed by atoms with Gasteiger partial charge < -0.3 is 15.5 Å². The van der Waals surface area contributed by atoms with E-state index in [0.717, 1.165) is 34.9 Å². The summed E-state index contributed by atoms with van der Waals surface area (Å²) < 4.78 is 0. The van der Waals surface area contributed by atoms with Gasteiger partial charge in [-0.3, -0.25) is 4.98 Å². The molecule has 7 aromatic carbocycles. The van der Waals surface area contributed by atoms with E-state index >= 15 is 0 Å². The average molecular weight is 721 g/mol. The molecule has 0 bridgehead atoms. The summed E-state index contributed by atoms with van der Waals surface area (Å²) in [5.74, 6) is 0. The Hall–Kier alpha value is -6.91. The minimum absolute atomic E-state index is 0.0345. The summed E-state index contributed by atoms with van der Waals surface area (Å²) in [7, 11) is 0. The number of pyridine rings is 1. The number of hydrogen-bond acceptors (Lipinski definition) is 4. The average Bonchev–Trinajstić information content (AvgIpc) is 3.75. The third-order valence-electron chi connectivity index (χ3n) is 12.1. The van der Waals surface area contributed by atoms with Crippen molar-refractivity contribution >= 4 is 44.3 Å². The van der Waals surface area contributed by atoms with Gasteiger partial charge in [-0.1, -0.05) is 135 Å². The molecule has 2 N–H and O–H groups in total. The minimum Gasteiger partial charge on any atom is -0.380 e. The van der Waals surface area contributed by atoms with Crippen LogP contribution in [0.5, 0.6) is 0 Å². The van der Waals surface area contributed by atoms with E-state index in [4.69, 9.17) is 4.98 Å². The molecular formula is C52H40N4. The number of rotatable bonds is 5. The highest BCUT2D eigenvalue weighted by molar-refractivity contribution is 6.22. The molecule has 8 aromatic rings. The Kier molecular flexibility index (Phi) is 7.30. The maximum atomic E-state index is 5.02. The Morgan fingerprint density at radius 2 is 1.32 bits per heavy atom. The van der Waals surface area contributed by atoms with E-state index in [2.05, 4.69) is 205 Å². The number of dihydropyridines is 1. The van der Waals surface area contributed by atoms with Crippen LogP contribution in [0.2, 0.25) is 0 Å². The van der Waals surface area contributed by atoms with E-state index in [0.29, 0.717) is 0 Å². The van der Waals surface area contributed by atoms with Crippen molar-refractivity contribution in [3.05, 3.63) is 198 Å². The van der Waals surface area contributed by atoms with Crippen molar-refractivity contribution in [2.75, 3.05) is 16.8 Å². The zero-order valence-electron chi connectivity index (χ0n) is 31.4. The van der Waals surface area contributed by atoms with Gasteiger partial charge in [-0.2, -0.15) is 0 Å². The van der Waals surface area contributed by atoms with Crippen LogP contribution in [0.25, 0.3) is 60.6 Å². The molecular weight excluding hydrogens is 681 g/mol. The van der Waals surface area contributed by atoms with Crippen LogP contribution in [0, 0.1) is 0 Å². The van der Waals surface area contributed by atoms with Gasteiger partial charge in [0.2, 0.25) is 0 Å². The molecule has 0 radical (unpaired) electrons. The molecule has 0 saturated heterocycles. The van der Waals surface area contributed by atoms with E-state index in [1.54, 1.807) is 0 Å². The lowest BCUT2D eigenvalue weighted by atomic mass is 9.79. The molecule has 1 aromatic heterocycles. The molecule has 4 heteroatoms. The molecule has 0 saturated carbocycles. The first-order valence-corrected chi connectivity index (χ1v) is 19.5. The highest BCUT2D eigenvalue weighted by atomic mass is 15.3. The highest BCUT2D eigenvalue weighted by Crippen LogP contribution is 2.53. The zero-order valence-corrected chi connectivity index (χ0v) is 31.4. The van der Waals surface area contributed by atoms with Gasteiger partial charge in [-0.15, -0.1) is 0 Å². The normalized spacial score (nSPS) is 16.2. The Labute approximate surface area is 327 Å². The van der Waals surface area contributed by atoms with Crippen LogP contribution in [-0.4, -0.2) is 11.5 Å². The molecule has 3 heterocycles. The van der Waals surface area contributed by atoms with Gasteiger partial charge in [-0.25, -0.2) is 0 Å². The second-order valence-corrected chi connectivity index (χ2v) is 15.6. The molecule has 1 atom stereocenters. The van der Waals surface area contributed by atoms with Gasteiger partial charge in [0.15, 0.2) is 0 Å². The Morgan fingerprint density at radius 1 is 0.625 bits per heavy atom. The lowest BCUT2D eigenvalue weighted by Gasteiger charge is -2.27. The van der Waals surface area contributed by atoms with Gasteiger partial charge in [0.1, 0.15) is 6.17 Å². The number of anilines is 3. The molecule has 3 aliphatic rings. The van der Waals surface area contributed by atoms with Crippen LogP contribution in [0.4, 0.5) is 17.1 Å². The van der Waals surface area contributed by atoms with Crippen LogP contribution < -0.4 is 15.5 Å². The van der Waals surface area contributed by atoms with Gasteiger partial charge >= 0.3 is 0 Å². The number of benzene rings is 7. The fraction of sp³-hybridized carbons (Fsp3) is 0.0962. The fourth-order valence-corrected chi connectivity index (χ4v) is 9.43. The summed E-state index contributed by atoms with van der Waals surface area (Å²) in [5.41, 5.74) is 16.7. The first-order chi connectivity index (χ1) is 27.5. The molecule has 56 heavy (non-hydrogen) atoms. The first-order valence-electron chi connectivity index (χ1n) is 19.5. The topological polar surface area (TPSA) is 40.2 Å². The number of para-hydroxylation sites is 3. The highest BCUT2D eigenvalue weighted by Gasteiger charge is 2.36. The number of allylic oxidation sites excluding steroid dienone is 2. The van der Waals surface area contributed by atoms with Gasteiger partial charge in [0, 0.05) is 29.4 Å². The Morgan fingerprint density at radius 3 is 2.09 bits per heavy atom. The maximum Gasteiger partial charge on any atom is 0.130 e. The van der Waals surface area contributed by atoms with Crippen LogP contribution >= 0.6 is 0 Å². The summed E-state index contributed by atoms with van der Waals surface area (Å²) in [5, 5.41) is 12.2.